The second-order valence-corrected chi connectivity index (χ2v) is 13.9. The number of hydrogen-bond donors (Lipinski definition) is 1. The van der Waals surface area contributed by atoms with E-state index < -0.39 is 5.60 Å². The molecule has 0 aromatic carbocycles. The number of nitrogens with zero attached hydrogens (tertiary/aromatic N) is 7. The molecule has 0 unspecified atom stereocenters. The van der Waals surface area contributed by atoms with Crippen LogP contribution in [-0.2, 0) is 30.1 Å². The highest BCUT2D eigenvalue weighted by atomic mass is 79.9. The van der Waals surface area contributed by atoms with Crippen molar-refractivity contribution in [1.29, 1.82) is 0 Å². The van der Waals surface area contributed by atoms with E-state index in [0.29, 0.717) is 18.8 Å². The van der Waals surface area contributed by atoms with Crippen LogP contribution in [-0.4, -0.2) is 116 Å². The van der Waals surface area contributed by atoms with E-state index >= 15 is 0 Å². The van der Waals surface area contributed by atoms with Gasteiger partial charge in [-0.3, -0.25) is 19.1 Å². The lowest BCUT2D eigenvalue weighted by atomic mass is 10.2. The molecular formula is C28H46Br2N8O5. The third-order valence-electron chi connectivity index (χ3n) is 6.23. The summed E-state index contributed by atoms with van der Waals surface area (Å²) >= 11 is 6.68. The minimum Gasteiger partial charge on any atom is -0.444 e. The van der Waals surface area contributed by atoms with Crippen molar-refractivity contribution in [2.45, 2.75) is 59.3 Å². The number of rotatable bonds is 3. The quantitative estimate of drug-likeness (QED) is 0.465. The number of halogens is 2. The normalized spacial score (nSPS) is 16.0. The first-order valence-electron chi connectivity index (χ1n) is 14.2. The van der Waals surface area contributed by atoms with Crippen molar-refractivity contribution >= 4 is 50.3 Å². The van der Waals surface area contributed by atoms with Crippen LogP contribution in [0.5, 0.6) is 0 Å². The fourth-order valence-corrected chi connectivity index (χ4v) is 4.88. The first-order chi connectivity index (χ1) is 20.0. The summed E-state index contributed by atoms with van der Waals surface area (Å²) in [5, 5.41) is 11.2. The first-order valence-corrected chi connectivity index (χ1v) is 15.8. The molecule has 2 aromatic heterocycles. The summed E-state index contributed by atoms with van der Waals surface area (Å²) in [6.07, 6.45) is 3.74. The third kappa shape index (κ3) is 13.0. The predicted molar refractivity (Wildman–Crippen MR) is 171 cm³/mol. The Hall–Kier alpha value is -2.49. The van der Waals surface area contributed by atoms with E-state index in [2.05, 4.69) is 52.3 Å². The molecule has 0 radical (unpaired) electrons. The Morgan fingerprint density at radius 3 is 1.65 bits per heavy atom. The number of aromatic nitrogens is 4. The van der Waals surface area contributed by atoms with Gasteiger partial charge in [-0.25, -0.2) is 9.59 Å². The molecule has 43 heavy (non-hydrogen) atoms. The minimum atomic E-state index is -0.437. The van der Waals surface area contributed by atoms with Crippen LogP contribution in [0.2, 0.25) is 0 Å². The zero-order valence-corrected chi connectivity index (χ0v) is 29.7. The summed E-state index contributed by atoms with van der Waals surface area (Å²) in [6.45, 7) is 18.4. The van der Waals surface area contributed by atoms with E-state index in [9.17, 15) is 14.4 Å². The van der Waals surface area contributed by atoms with E-state index in [1.807, 2.05) is 59.5 Å². The lowest BCUT2D eigenvalue weighted by molar-refractivity contribution is 0.0136. The van der Waals surface area contributed by atoms with Crippen molar-refractivity contribution in [2.24, 2.45) is 14.1 Å². The number of nitrogens with one attached hydrogen (secondary N) is 1. The van der Waals surface area contributed by atoms with Gasteiger partial charge in [0.15, 0.2) is 6.29 Å². The molecule has 242 valence electrons. The molecule has 13 nitrogen and oxygen atoms in total. The molecule has 0 aliphatic carbocycles. The molecule has 0 spiro atoms. The van der Waals surface area contributed by atoms with Gasteiger partial charge in [0.1, 0.15) is 16.9 Å². The lowest BCUT2D eigenvalue weighted by Gasteiger charge is -2.35. The average Bonchev–Trinajstić information content (AvgIpc) is 3.42. The minimum absolute atomic E-state index is 0.200. The summed E-state index contributed by atoms with van der Waals surface area (Å²) in [4.78, 5) is 39.6. The fourth-order valence-electron chi connectivity index (χ4n) is 3.97. The highest BCUT2D eigenvalue weighted by Crippen LogP contribution is 2.19. The van der Waals surface area contributed by atoms with Crippen LogP contribution < -0.4 is 5.32 Å². The van der Waals surface area contributed by atoms with E-state index in [1.54, 1.807) is 23.0 Å². The van der Waals surface area contributed by atoms with Gasteiger partial charge in [0, 0.05) is 73.0 Å². The molecule has 2 aliphatic heterocycles. The number of hydrogen-bond acceptors (Lipinski definition) is 9. The van der Waals surface area contributed by atoms with E-state index in [-0.39, 0.29) is 17.8 Å². The zero-order valence-electron chi connectivity index (χ0n) is 26.5. The van der Waals surface area contributed by atoms with Gasteiger partial charge in [-0.1, -0.05) is 0 Å². The summed E-state index contributed by atoms with van der Waals surface area (Å²) < 4.78 is 15.8. The smallest absolute Gasteiger partial charge is 0.410 e. The predicted octanol–water partition coefficient (Wildman–Crippen LogP) is 4.06. The molecule has 2 amide bonds. The molecule has 4 rings (SSSR count). The summed E-state index contributed by atoms with van der Waals surface area (Å²) in [5.74, 6) is 0. The maximum Gasteiger partial charge on any atom is 0.410 e. The SMILES string of the molecule is CC(C)(C)OC(=O)N1CCNCC1.Cn1ncc(Br)c1C=O.Cn1ncc(Br)c1CN1CCN(C(=O)OC(C)(C)C)CC1. The van der Waals surface area contributed by atoms with Crippen molar-refractivity contribution in [3.05, 3.63) is 32.7 Å². The van der Waals surface area contributed by atoms with E-state index in [0.717, 1.165) is 66.7 Å². The standard InChI is InChI=1S/C14H23BrN4O2.C9H18N2O2.C5H5BrN2O/c1-14(2,3)21-13(20)19-7-5-18(6-8-19)10-12-11(15)9-16-17(12)4;1-9(2,3)13-8(12)11-6-4-10-5-7-11;1-8-5(3-9)4(6)2-7-8/h9H,5-8,10H2,1-4H3;10H,4-7H2,1-3H3;2-3H,1H3. The van der Waals surface area contributed by atoms with Gasteiger partial charge in [-0.2, -0.15) is 10.2 Å². The summed E-state index contributed by atoms with van der Waals surface area (Å²) in [7, 11) is 3.66. The fraction of sp³-hybridized carbons (Fsp3) is 0.679. The molecule has 2 saturated heterocycles. The zero-order chi connectivity index (χ0) is 32.4. The topological polar surface area (TPSA) is 127 Å². The van der Waals surface area contributed by atoms with Crippen LogP contribution in [0.1, 0.15) is 57.7 Å². The van der Waals surface area contributed by atoms with Crippen LogP contribution in [0.3, 0.4) is 0 Å². The molecule has 2 aliphatic rings. The Kier molecular flexibility index (Phi) is 14.1. The largest absolute Gasteiger partial charge is 0.444 e. The molecule has 4 heterocycles. The monoisotopic (exact) mass is 732 g/mol. The van der Waals surface area contributed by atoms with Gasteiger partial charge < -0.3 is 24.6 Å². The van der Waals surface area contributed by atoms with Crippen LogP contribution in [0.15, 0.2) is 21.3 Å². The number of ether oxygens (including phenoxy) is 2. The Morgan fingerprint density at radius 1 is 0.814 bits per heavy atom. The Morgan fingerprint density at radius 2 is 1.28 bits per heavy atom. The third-order valence-corrected chi connectivity index (χ3v) is 7.50. The highest BCUT2D eigenvalue weighted by molar-refractivity contribution is 9.10. The Balaban J connectivity index is 0.000000249. The Bertz CT molecular complexity index is 1150. The van der Waals surface area contributed by atoms with Crippen molar-refractivity contribution in [2.75, 3.05) is 52.4 Å². The second kappa shape index (κ2) is 16.5. The number of amides is 2. The van der Waals surface area contributed by atoms with Crippen molar-refractivity contribution in [1.82, 2.24) is 39.6 Å². The molecule has 0 atom stereocenters. The number of piperazine rings is 2. The maximum absolute atomic E-state index is 12.0. The molecule has 1 N–H and O–H groups in total. The Labute approximate surface area is 271 Å². The molecular weight excluding hydrogens is 688 g/mol. The number of carbonyl (C=O) groups is 3. The maximum atomic E-state index is 12.0. The highest BCUT2D eigenvalue weighted by Gasteiger charge is 2.26. The first kappa shape index (κ1) is 36.7. The molecule has 15 heteroatoms. The van der Waals surface area contributed by atoms with Gasteiger partial charge in [-0.05, 0) is 73.4 Å². The van der Waals surface area contributed by atoms with E-state index in [4.69, 9.17) is 9.47 Å². The number of carbonyl (C=O) groups excluding carboxylic acids is 3. The van der Waals surface area contributed by atoms with Crippen molar-refractivity contribution in [3.63, 3.8) is 0 Å². The van der Waals surface area contributed by atoms with Crippen molar-refractivity contribution in [3.8, 4) is 0 Å². The average molecular weight is 735 g/mol. The van der Waals surface area contributed by atoms with Crippen LogP contribution in [0.4, 0.5) is 9.59 Å². The molecule has 0 saturated carbocycles. The molecule has 0 bridgehead atoms. The van der Waals surface area contributed by atoms with Crippen LogP contribution in [0.25, 0.3) is 0 Å². The molecule has 2 fully saturated rings. The van der Waals surface area contributed by atoms with Gasteiger partial charge in [0.25, 0.3) is 0 Å². The van der Waals surface area contributed by atoms with Crippen LogP contribution >= 0.6 is 31.9 Å². The number of aldehydes is 1. The van der Waals surface area contributed by atoms with Gasteiger partial charge in [-0.15, -0.1) is 0 Å². The van der Waals surface area contributed by atoms with E-state index in [1.165, 1.54) is 4.68 Å². The van der Waals surface area contributed by atoms with Gasteiger partial charge in [0.2, 0.25) is 0 Å². The number of aryl methyl sites for hydroxylation is 2. The lowest BCUT2D eigenvalue weighted by Crippen LogP contribution is -2.49. The van der Waals surface area contributed by atoms with Gasteiger partial charge >= 0.3 is 12.2 Å². The van der Waals surface area contributed by atoms with Crippen molar-refractivity contribution < 1.29 is 23.9 Å². The summed E-state index contributed by atoms with van der Waals surface area (Å²) in [5.41, 5.74) is 0.895. The summed E-state index contributed by atoms with van der Waals surface area (Å²) in [6, 6.07) is 0. The van der Waals surface area contributed by atoms with Gasteiger partial charge in [0.05, 0.1) is 27.0 Å². The van der Waals surface area contributed by atoms with Crippen LogP contribution in [0, 0.1) is 0 Å². The second-order valence-electron chi connectivity index (χ2n) is 12.1. The molecule has 2 aromatic rings.